The van der Waals surface area contributed by atoms with Crippen LogP contribution in [-0.4, -0.2) is 32.0 Å². The Morgan fingerprint density at radius 3 is 2.79 bits per heavy atom. The molecule has 0 aromatic heterocycles. The Morgan fingerprint density at radius 2 is 2.03 bits per heavy atom. The second-order valence-corrected chi connectivity index (χ2v) is 10.3. The highest BCUT2D eigenvalue weighted by atomic mass is 16.6. The highest BCUT2D eigenvalue weighted by molar-refractivity contribution is 5.87. The Balaban J connectivity index is 1.51. The number of hydrogen-bond acceptors (Lipinski definition) is 6. The molecule has 4 aliphatic rings. The monoisotopic (exact) mass is 403 g/mol. The molecule has 0 bridgehead atoms. The van der Waals surface area contributed by atoms with E-state index in [1.54, 1.807) is 0 Å². The summed E-state index contributed by atoms with van der Waals surface area (Å²) in [6.45, 7) is 6.21. The molecule has 4 aliphatic carbocycles. The van der Waals surface area contributed by atoms with Crippen molar-refractivity contribution in [3.8, 4) is 0 Å². The number of carbonyl (C=O) groups is 1. The van der Waals surface area contributed by atoms with Crippen molar-refractivity contribution in [3.63, 3.8) is 0 Å². The largest absolute Gasteiger partial charge is 0.320 e. The number of Topliss-reactive ketones (excluding diaryl/α,β-unsaturated/α-hetero) is 1. The van der Waals surface area contributed by atoms with E-state index in [0.717, 1.165) is 57.2 Å². The number of rotatable bonds is 7. The number of nitroso groups, excluding NO2 is 1. The Bertz CT molecular complexity index is 680. The van der Waals surface area contributed by atoms with Crippen molar-refractivity contribution in [2.24, 2.45) is 39.7 Å². The van der Waals surface area contributed by atoms with Gasteiger partial charge in [-0.1, -0.05) is 25.1 Å². The molecule has 2 N–H and O–H groups in total. The molecular weight excluding hydrogens is 366 g/mol. The standard InChI is InChI=1S/C23H37N3O3/c1-22-9-7-16(26-29-12-4-11-24-3)13-15(22)14-19(25-28)21-17-5-6-20(27)23(17,2)10-8-18(21)22/h13,15,17-19,21,24,26H,4-12,14H2,1-3H3/t15?,17-,18-,19?,21-,22-,23-/m0/s1. The van der Waals surface area contributed by atoms with Crippen LogP contribution in [0.5, 0.6) is 0 Å². The second kappa shape index (κ2) is 8.10. The quantitative estimate of drug-likeness (QED) is 0.382. The first kappa shape index (κ1) is 21.0. The average Bonchev–Trinajstić information content (AvgIpc) is 3.02. The zero-order valence-electron chi connectivity index (χ0n) is 18.2. The molecule has 0 amide bonds. The third-order valence-electron chi connectivity index (χ3n) is 9.02. The number of carbonyl (C=O) groups excluding carboxylic acids is 1. The summed E-state index contributed by atoms with van der Waals surface area (Å²) in [5.41, 5.74) is 4.29. The van der Waals surface area contributed by atoms with Gasteiger partial charge in [-0.3, -0.25) is 15.1 Å². The first-order valence-electron chi connectivity index (χ1n) is 11.5. The van der Waals surface area contributed by atoms with E-state index in [-0.39, 0.29) is 22.8 Å². The zero-order chi connectivity index (χ0) is 20.6. The van der Waals surface area contributed by atoms with Gasteiger partial charge < -0.3 is 5.32 Å². The molecule has 0 aliphatic heterocycles. The molecule has 2 unspecified atom stereocenters. The van der Waals surface area contributed by atoms with Crippen molar-refractivity contribution in [1.82, 2.24) is 10.8 Å². The topological polar surface area (TPSA) is 79.8 Å². The zero-order valence-corrected chi connectivity index (χ0v) is 18.2. The van der Waals surface area contributed by atoms with Gasteiger partial charge in [0.25, 0.3) is 0 Å². The predicted octanol–water partition coefficient (Wildman–Crippen LogP) is 3.97. The van der Waals surface area contributed by atoms with Crippen LogP contribution in [0.3, 0.4) is 0 Å². The summed E-state index contributed by atoms with van der Waals surface area (Å²) >= 11 is 0. The Labute approximate surface area is 174 Å². The van der Waals surface area contributed by atoms with E-state index in [9.17, 15) is 9.70 Å². The van der Waals surface area contributed by atoms with Crippen LogP contribution >= 0.6 is 0 Å². The first-order chi connectivity index (χ1) is 13.9. The lowest BCUT2D eigenvalue weighted by molar-refractivity contribution is -0.137. The van der Waals surface area contributed by atoms with E-state index >= 15 is 0 Å². The van der Waals surface area contributed by atoms with Crippen molar-refractivity contribution < 1.29 is 9.63 Å². The normalized spacial score (nSPS) is 43.8. The van der Waals surface area contributed by atoms with Gasteiger partial charge in [-0.05, 0) is 87.6 Å². The molecule has 162 valence electrons. The number of ketones is 1. The molecular formula is C23H37N3O3. The molecule has 0 heterocycles. The van der Waals surface area contributed by atoms with Gasteiger partial charge in [-0.2, -0.15) is 4.91 Å². The lowest BCUT2D eigenvalue weighted by Gasteiger charge is -2.59. The average molecular weight is 404 g/mol. The lowest BCUT2D eigenvalue weighted by atomic mass is 9.45. The second-order valence-electron chi connectivity index (χ2n) is 10.3. The molecule has 0 spiro atoms. The van der Waals surface area contributed by atoms with Gasteiger partial charge in [-0.15, -0.1) is 0 Å². The van der Waals surface area contributed by atoms with Gasteiger partial charge in [-0.25, -0.2) is 0 Å². The molecule has 6 heteroatoms. The summed E-state index contributed by atoms with van der Waals surface area (Å²) < 4.78 is 0. The van der Waals surface area contributed by atoms with Crippen LogP contribution in [0.15, 0.2) is 16.9 Å². The Hall–Kier alpha value is -1.27. The Kier molecular flexibility index (Phi) is 5.86. The molecule has 0 aromatic carbocycles. The van der Waals surface area contributed by atoms with Crippen LogP contribution in [-0.2, 0) is 9.63 Å². The maximum atomic E-state index is 12.6. The number of nitrogens with one attached hydrogen (secondary N) is 2. The molecule has 3 fully saturated rings. The van der Waals surface area contributed by atoms with E-state index in [2.05, 4.69) is 35.9 Å². The van der Waals surface area contributed by atoms with E-state index in [1.165, 1.54) is 0 Å². The fraction of sp³-hybridized carbons (Fsp3) is 0.870. The molecule has 0 aromatic rings. The van der Waals surface area contributed by atoms with E-state index in [1.807, 2.05) is 7.05 Å². The molecule has 6 nitrogen and oxygen atoms in total. The van der Waals surface area contributed by atoms with Gasteiger partial charge in [0, 0.05) is 17.5 Å². The predicted molar refractivity (Wildman–Crippen MR) is 113 cm³/mol. The number of hydroxylamine groups is 1. The van der Waals surface area contributed by atoms with Crippen LogP contribution in [0, 0.1) is 39.4 Å². The smallest absolute Gasteiger partial charge is 0.139 e. The van der Waals surface area contributed by atoms with Crippen molar-refractivity contribution >= 4 is 5.78 Å². The minimum atomic E-state index is -0.217. The number of nitrogens with zero attached hydrogens (tertiary/aromatic N) is 1. The van der Waals surface area contributed by atoms with Gasteiger partial charge in [0.1, 0.15) is 5.78 Å². The van der Waals surface area contributed by atoms with Crippen molar-refractivity contribution in [3.05, 3.63) is 16.7 Å². The molecule has 3 saturated carbocycles. The van der Waals surface area contributed by atoms with Crippen LogP contribution in [0.4, 0.5) is 0 Å². The van der Waals surface area contributed by atoms with Gasteiger partial charge >= 0.3 is 0 Å². The maximum absolute atomic E-state index is 12.6. The van der Waals surface area contributed by atoms with Crippen LogP contribution in [0.25, 0.3) is 0 Å². The summed E-state index contributed by atoms with van der Waals surface area (Å²) in [5.74, 6) is 1.88. The highest BCUT2D eigenvalue weighted by Crippen LogP contribution is 2.65. The first-order valence-corrected chi connectivity index (χ1v) is 11.5. The summed E-state index contributed by atoms with van der Waals surface area (Å²) in [7, 11) is 1.95. The summed E-state index contributed by atoms with van der Waals surface area (Å²) in [5, 5.41) is 6.77. The number of allylic oxidation sites excluding steroid dienone is 2. The third kappa shape index (κ3) is 3.46. The van der Waals surface area contributed by atoms with Crippen molar-refractivity contribution in [1.29, 1.82) is 0 Å². The van der Waals surface area contributed by atoms with E-state index in [0.29, 0.717) is 36.6 Å². The lowest BCUT2D eigenvalue weighted by Crippen LogP contribution is -2.57. The van der Waals surface area contributed by atoms with Gasteiger partial charge in [0.15, 0.2) is 0 Å². The molecule has 7 atom stereocenters. The van der Waals surface area contributed by atoms with E-state index in [4.69, 9.17) is 4.84 Å². The maximum Gasteiger partial charge on any atom is 0.139 e. The highest BCUT2D eigenvalue weighted by Gasteiger charge is 2.62. The molecule has 0 radical (unpaired) electrons. The SMILES string of the molecule is CNCCCONC1=CC2CC(N=O)[C@@H]3[C@H](CC[C@]4(C)C(=O)CC[C@@H]34)[C@@]2(C)CC1. The summed E-state index contributed by atoms with van der Waals surface area (Å²) in [6, 6.07) is -0.166. The third-order valence-corrected chi connectivity index (χ3v) is 9.02. The van der Waals surface area contributed by atoms with Gasteiger partial charge in [0.05, 0.1) is 12.6 Å². The molecule has 0 saturated heterocycles. The van der Waals surface area contributed by atoms with E-state index < -0.39 is 0 Å². The summed E-state index contributed by atoms with van der Waals surface area (Å²) in [4.78, 5) is 30.2. The fourth-order valence-corrected chi connectivity index (χ4v) is 7.26. The molecule has 29 heavy (non-hydrogen) atoms. The summed E-state index contributed by atoms with van der Waals surface area (Å²) in [6.07, 6.45) is 9.88. The molecule has 4 rings (SSSR count). The van der Waals surface area contributed by atoms with Crippen LogP contribution < -0.4 is 10.8 Å². The fourth-order valence-electron chi connectivity index (χ4n) is 7.26. The number of hydrogen-bond donors (Lipinski definition) is 2. The Morgan fingerprint density at radius 1 is 1.21 bits per heavy atom. The van der Waals surface area contributed by atoms with Crippen molar-refractivity contribution in [2.75, 3.05) is 20.2 Å². The van der Waals surface area contributed by atoms with Gasteiger partial charge in [0.2, 0.25) is 0 Å². The van der Waals surface area contributed by atoms with Crippen LogP contribution in [0.1, 0.15) is 65.2 Å². The minimum absolute atomic E-state index is 0.166. The van der Waals surface area contributed by atoms with Crippen LogP contribution in [0.2, 0.25) is 0 Å². The minimum Gasteiger partial charge on any atom is -0.320 e. The number of fused-ring (bicyclic) bond motifs is 5. The van der Waals surface area contributed by atoms with Crippen molar-refractivity contribution in [2.45, 2.75) is 71.3 Å².